The molecule has 3 rings (SSSR count). The van der Waals surface area contributed by atoms with Crippen molar-refractivity contribution < 1.29 is 4.74 Å². The van der Waals surface area contributed by atoms with Gasteiger partial charge in [-0.15, -0.1) is 0 Å². The molecular weight excluding hydrogens is 272 g/mol. The first-order chi connectivity index (χ1) is 9.83. The maximum Gasteiger partial charge on any atom is 0.139 e. The molecule has 0 amide bonds. The zero-order valence-electron chi connectivity index (χ0n) is 11.5. The number of benzene rings is 1. The summed E-state index contributed by atoms with van der Waals surface area (Å²) >= 11 is 5.93. The lowest BCUT2D eigenvalue weighted by Crippen LogP contribution is -2.20. The van der Waals surface area contributed by atoms with Gasteiger partial charge in [0, 0.05) is 36.1 Å². The molecule has 3 nitrogen and oxygen atoms in total. The minimum atomic E-state index is 0.407. The Kier molecular flexibility index (Phi) is 4.38. The second-order valence-electron chi connectivity index (χ2n) is 5.23. The average Bonchev–Trinajstić information content (AvgIpc) is 2.95. The van der Waals surface area contributed by atoms with Crippen LogP contribution < -0.4 is 0 Å². The molecule has 0 aliphatic carbocycles. The van der Waals surface area contributed by atoms with Gasteiger partial charge in [-0.05, 0) is 49.9 Å². The summed E-state index contributed by atoms with van der Waals surface area (Å²) in [6.07, 6.45) is 9.03. The molecule has 1 aromatic carbocycles. The fourth-order valence-corrected chi connectivity index (χ4v) is 2.79. The lowest BCUT2D eigenvalue weighted by molar-refractivity contribution is 0.00887. The second-order valence-corrected chi connectivity index (χ2v) is 5.66. The number of nitrogens with zero attached hydrogens (tertiary/aromatic N) is 2. The summed E-state index contributed by atoms with van der Waals surface area (Å²) in [5.41, 5.74) is 1.10. The Balaban J connectivity index is 1.68. The van der Waals surface area contributed by atoms with Gasteiger partial charge in [0.05, 0.1) is 6.10 Å². The Bertz CT molecular complexity index is 544. The molecule has 0 unspecified atom stereocenters. The van der Waals surface area contributed by atoms with Crippen molar-refractivity contribution in [3.63, 3.8) is 0 Å². The highest BCUT2D eigenvalue weighted by Gasteiger charge is 2.14. The molecule has 4 heteroatoms. The van der Waals surface area contributed by atoms with Crippen molar-refractivity contribution in [2.45, 2.75) is 38.3 Å². The first-order valence-electron chi connectivity index (χ1n) is 7.21. The molecule has 20 heavy (non-hydrogen) atoms. The molecule has 1 fully saturated rings. The number of aromatic nitrogens is 2. The molecule has 1 atom stereocenters. The van der Waals surface area contributed by atoms with E-state index in [4.69, 9.17) is 16.3 Å². The standard InChI is InChI=1S/C16H19ClN2O/c17-14-6-4-13(5-7-14)16-18-9-11-19(16)10-8-15-3-1-2-12-20-15/h4-7,9,11,15H,1-3,8,10,12H2/t15-/m0/s1. The van der Waals surface area contributed by atoms with Crippen molar-refractivity contribution in [1.82, 2.24) is 9.55 Å². The van der Waals surface area contributed by atoms with E-state index >= 15 is 0 Å². The summed E-state index contributed by atoms with van der Waals surface area (Å²) < 4.78 is 7.98. The van der Waals surface area contributed by atoms with Crippen molar-refractivity contribution in [3.8, 4) is 11.4 Å². The molecule has 1 saturated heterocycles. The van der Waals surface area contributed by atoms with Crippen LogP contribution >= 0.6 is 11.6 Å². The van der Waals surface area contributed by atoms with Gasteiger partial charge in [0.1, 0.15) is 5.82 Å². The summed E-state index contributed by atoms with van der Waals surface area (Å²) in [6.45, 7) is 1.86. The third-order valence-electron chi connectivity index (χ3n) is 3.78. The molecule has 0 radical (unpaired) electrons. The third kappa shape index (κ3) is 3.22. The van der Waals surface area contributed by atoms with E-state index in [-0.39, 0.29) is 0 Å². The molecule has 1 aliphatic heterocycles. The number of ether oxygens (including phenoxy) is 1. The summed E-state index contributed by atoms with van der Waals surface area (Å²) in [4.78, 5) is 4.46. The van der Waals surface area contributed by atoms with E-state index < -0.39 is 0 Å². The number of imidazole rings is 1. The largest absolute Gasteiger partial charge is 0.378 e. The van der Waals surface area contributed by atoms with Crippen molar-refractivity contribution in [2.75, 3.05) is 6.61 Å². The van der Waals surface area contributed by atoms with Gasteiger partial charge in [-0.3, -0.25) is 0 Å². The Morgan fingerprint density at radius 3 is 2.85 bits per heavy atom. The summed E-state index contributed by atoms with van der Waals surface area (Å²) in [5.74, 6) is 0.998. The van der Waals surface area contributed by atoms with Crippen molar-refractivity contribution in [2.24, 2.45) is 0 Å². The molecule has 0 N–H and O–H groups in total. The molecule has 0 saturated carbocycles. The zero-order valence-corrected chi connectivity index (χ0v) is 12.2. The van der Waals surface area contributed by atoms with Crippen LogP contribution in [-0.2, 0) is 11.3 Å². The quantitative estimate of drug-likeness (QED) is 0.845. The summed E-state index contributed by atoms with van der Waals surface area (Å²) in [7, 11) is 0. The number of aryl methyl sites for hydroxylation is 1. The molecule has 1 aliphatic rings. The monoisotopic (exact) mass is 290 g/mol. The van der Waals surface area contributed by atoms with Gasteiger partial charge in [-0.25, -0.2) is 4.98 Å². The highest BCUT2D eigenvalue weighted by atomic mass is 35.5. The second kappa shape index (κ2) is 6.42. The Hall–Kier alpha value is -1.32. The van der Waals surface area contributed by atoms with E-state index in [2.05, 4.69) is 9.55 Å². The fraction of sp³-hybridized carbons (Fsp3) is 0.438. The summed E-state index contributed by atoms with van der Waals surface area (Å²) in [5, 5.41) is 0.752. The molecule has 0 bridgehead atoms. The van der Waals surface area contributed by atoms with Crippen LogP contribution in [0.3, 0.4) is 0 Å². The smallest absolute Gasteiger partial charge is 0.139 e. The number of hydrogen-bond acceptors (Lipinski definition) is 2. The minimum absolute atomic E-state index is 0.407. The normalized spacial score (nSPS) is 19.1. The first-order valence-corrected chi connectivity index (χ1v) is 7.59. The van der Waals surface area contributed by atoms with Gasteiger partial charge in [-0.2, -0.15) is 0 Å². The van der Waals surface area contributed by atoms with E-state index in [0.717, 1.165) is 36.0 Å². The number of hydrogen-bond donors (Lipinski definition) is 0. The van der Waals surface area contributed by atoms with E-state index in [1.807, 2.05) is 36.7 Å². The van der Waals surface area contributed by atoms with Crippen LogP contribution in [-0.4, -0.2) is 22.3 Å². The predicted octanol–water partition coefficient (Wildman–Crippen LogP) is 4.16. The van der Waals surface area contributed by atoms with Gasteiger partial charge in [0.25, 0.3) is 0 Å². The van der Waals surface area contributed by atoms with Crippen molar-refractivity contribution in [3.05, 3.63) is 41.7 Å². The fourth-order valence-electron chi connectivity index (χ4n) is 2.67. The van der Waals surface area contributed by atoms with Gasteiger partial charge in [-0.1, -0.05) is 11.6 Å². The maximum atomic E-state index is 5.93. The lowest BCUT2D eigenvalue weighted by atomic mass is 10.1. The summed E-state index contributed by atoms with van der Waals surface area (Å²) in [6, 6.07) is 7.83. The Labute approximate surface area is 124 Å². The molecule has 106 valence electrons. The first kappa shape index (κ1) is 13.7. The average molecular weight is 291 g/mol. The van der Waals surface area contributed by atoms with Crippen LogP contribution in [0.2, 0.25) is 5.02 Å². The Morgan fingerprint density at radius 1 is 1.25 bits per heavy atom. The minimum Gasteiger partial charge on any atom is -0.378 e. The SMILES string of the molecule is Clc1ccc(-c2nccn2CC[C@@H]2CCCCO2)cc1. The number of rotatable bonds is 4. The van der Waals surface area contributed by atoms with Crippen LogP contribution in [0.5, 0.6) is 0 Å². The predicted molar refractivity (Wildman–Crippen MR) is 80.9 cm³/mol. The van der Waals surface area contributed by atoms with Crippen LogP contribution in [0.25, 0.3) is 11.4 Å². The Morgan fingerprint density at radius 2 is 2.10 bits per heavy atom. The van der Waals surface area contributed by atoms with Crippen LogP contribution in [0.1, 0.15) is 25.7 Å². The van der Waals surface area contributed by atoms with Gasteiger partial charge in [0.2, 0.25) is 0 Å². The van der Waals surface area contributed by atoms with E-state index in [1.165, 1.54) is 19.3 Å². The third-order valence-corrected chi connectivity index (χ3v) is 4.04. The zero-order chi connectivity index (χ0) is 13.8. The van der Waals surface area contributed by atoms with E-state index in [9.17, 15) is 0 Å². The lowest BCUT2D eigenvalue weighted by Gasteiger charge is -2.22. The van der Waals surface area contributed by atoms with Crippen LogP contribution in [0.15, 0.2) is 36.7 Å². The number of halogens is 1. The highest BCUT2D eigenvalue weighted by Crippen LogP contribution is 2.22. The van der Waals surface area contributed by atoms with E-state index in [0.29, 0.717) is 6.10 Å². The van der Waals surface area contributed by atoms with Gasteiger partial charge in [0.15, 0.2) is 0 Å². The van der Waals surface area contributed by atoms with Gasteiger partial charge < -0.3 is 9.30 Å². The molecular formula is C16H19ClN2O. The topological polar surface area (TPSA) is 27.1 Å². The van der Waals surface area contributed by atoms with E-state index in [1.54, 1.807) is 0 Å². The molecule has 1 aromatic heterocycles. The van der Waals surface area contributed by atoms with Crippen molar-refractivity contribution >= 4 is 11.6 Å². The van der Waals surface area contributed by atoms with Crippen LogP contribution in [0, 0.1) is 0 Å². The maximum absolute atomic E-state index is 5.93. The molecule has 2 aromatic rings. The highest BCUT2D eigenvalue weighted by molar-refractivity contribution is 6.30. The van der Waals surface area contributed by atoms with Gasteiger partial charge >= 0.3 is 0 Å². The van der Waals surface area contributed by atoms with Crippen molar-refractivity contribution in [1.29, 1.82) is 0 Å². The van der Waals surface area contributed by atoms with Crippen LogP contribution in [0.4, 0.5) is 0 Å². The molecule has 0 spiro atoms. The molecule has 2 heterocycles.